The van der Waals surface area contributed by atoms with Crippen molar-refractivity contribution in [1.82, 2.24) is 0 Å². The second-order valence-corrected chi connectivity index (χ2v) is 6.34. The van der Waals surface area contributed by atoms with Crippen LogP contribution < -0.4 is 14.8 Å². The standard InChI is InChI=1S/C23H20FNO4/c1-15(23(27)25-19-4-3-5-21(14-19)28-2)29-20-12-8-17(9-13-20)22(26)16-6-10-18(24)11-7-16/h3-15H,1-2H3,(H,25,27). The Morgan fingerprint density at radius 3 is 2.14 bits per heavy atom. The van der Waals surface area contributed by atoms with E-state index in [0.29, 0.717) is 28.3 Å². The molecule has 5 nitrogen and oxygen atoms in total. The minimum absolute atomic E-state index is 0.222. The molecular formula is C23H20FNO4. The van der Waals surface area contributed by atoms with Crippen LogP contribution in [0.15, 0.2) is 72.8 Å². The predicted molar refractivity (Wildman–Crippen MR) is 108 cm³/mol. The maximum atomic E-state index is 13.0. The highest BCUT2D eigenvalue weighted by atomic mass is 19.1. The third-order valence-electron chi connectivity index (χ3n) is 4.24. The van der Waals surface area contributed by atoms with Crippen molar-refractivity contribution in [3.05, 3.63) is 89.7 Å². The van der Waals surface area contributed by atoms with Crippen molar-refractivity contribution in [2.45, 2.75) is 13.0 Å². The largest absolute Gasteiger partial charge is 0.497 e. The molecule has 0 spiro atoms. The van der Waals surface area contributed by atoms with Crippen molar-refractivity contribution in [1.29, 1.82) is 0 Å². The number of anilines is 1. The molecule has 0 fully saturated rings. The van der Waals surface area contributed by atoms with Gasteiger partial charge < -0.3 is 14.8 Å². The van der Waals surface area contributed by atoms with Gasteiger partial charge in [-0.1, -0.05) is 6.07 Å². The Labute approximate surface area is 168 Å². The van der Waals surface area contributed by atoms with Crippen LogP contribution in [0.2, 0.25) is 0 Å². The van der Waals surface area contributed by atoms with Gasteiger partial charge in [0, 0.05) is 22.9 Å². The molecule has 148 valence electrons. The lowest BCUT2D eigenvalue weighted by Gasteiger charge is -2.15. The van der Waals surface area contributed by atoms with Gasteiger partial charge in [0.15, 0.2) is 11.9 Å². The normalized spacial score (nSPS) is 11.4. The van der Waals surface area contributed by atoms with Crippen LogP contribution in [0.25, 0.3) is 0 Å². The second-order valence-electron chi connectivity index (χ2n) is 6.34. The van der Waals surface area contributed by atoms with Crippen molar-refractivity contribution >= 4 is 17.4 Å². The number of benzene rings is 3. The fraction of sp³-hybridized carbons (Fsp3) is 0.130. The Kier molecular flexibility index (Phi) is 6.24. The molecule has 1 N–H and O–H groups in total. The summed E-state index contributed by atoms with van der Waals surface area (Å²) in [5.74, 6) is 0.156. The van der Waals surface area contributed by atoms with Gasteiger partial charge in [-0.15, -0.1) is 0 Å². The first-order valence-electron chi connectivity index (χ1n) is 8.98. The molecule has 3 aromatic carbocycles. The molecule has 6 heteroatoms. The number of amides is 1. The van der Waals surface area contributed by atoms with Gasteiger partial charge in [0.25, 0.3) is 5.91 Å². The molecular weight excluding hydrogens is 373 g/mol. The Hall–Kier alpha value is -3.67. The van der Waals surface area contributed by atoms with Crippen LogP contribution in [0, 0.1) is 5.82 Å². The zero-order valence-corrected chi connectivity index (χ0v) is 16.0. The maximum absolute atomic E-state index is 13.0. The highest BCUT2D eigenvalue weighted by Gasteiger charge is 2.16. The van der Waals surface area contributed by atoms with Gasteiger partial charge in [0.1, 0.15) is 17.3 Å². The topological polar surface area (TPSA) is 64.6 Å². The molecule has 0 bridgehead atoms. The van der Waals surface area contributed by atoms with E-state index in [1.807, 2.05) is 0 Å². The van der Waals surface area contributed by atoms with Crippen LogP contribution in [0.3, 0.4) is 0 Å². The van der Waals surface area contributed by atoms with Crippen LogP contribution in [0.4, 0.5) is 10.1 Å². The number of ketones is 1. The summed E-state index contributed by atoms with van der Waals surface area (Å²) >= 11 is 0. The monoisotopic (exact) mass is 393 g/mol. The quantitative estimate of drug-likeness (QED) is 0.602. The van der Waals surface area contributed by atoms with Crippen molar-refractivity contribution in [2.75, 3.05) is 12.4 Å². The van der Waals surface area contributed by atoms with E-state index in [4.69, 9.17) is 9.47 Å². The Bertz CT molecular complexity index is 1000. The summed E-state index contributed by atoms with van der Waals surface area (Å²) < 4.78 is 23.8. The van der Waals surface area contributed by atoms with Crippen LogP contribution >= 0.6 is 0 Å². The highest BCUT2D eigenvalue weighted by Crippen LogP contribution is 2.19. The van der Waals surface area contributed by atoms with Gasteiger partial charge in [0.05, 0.1) is 7.11 Å². The van der Waals surface area contributed by atoms with E-state index in [1.54, 1.807) is 62.6 Å². The average molecular weight is 393 g/mol. The molecule has 1 atom stereocenters. The van der Waals surface area contributed by atoms with E-state index in [1.165, 1.54) is 24.3 Å². The highest BCUT2D eigenvalue weighted by molar-refractivity contribution is 6.09. The van der Waals surface area contributed by atoms with E-state index in [0.717, 1.165) is 0 Å². The maximum Gasteiger partial charge on any atom is 0.265 e. The lowest BCUT2D eigenvalue weighted by atomic mass is 10.0. The first kappa shape index (κ1) is 20.1. The molecule has 0 aliphatic rings. The van der Waals surface area contributed by atoms with E-state index in [9.17, 15) is 14.0 Å². The molecule has 0 aliphatic carbocycles. The van der Waals surface area contributed by atoms with E-state index in [2.05, 4.69) is 5.32 Å². The molecule has 29 heavy (non-hydrogen) atoms. The summed E-state index contributed by atoms with van der Waals surface area (Å²) in [6.45, 7) is 1.63. The molecule has 0 saturated carbocycles. The predicted octanol–water partition coefficient (Wildman–Crippen LogP) is 4.47. The summed E-state index contributed by atoms with van der Waals surface area (Å²) in [7, 11) is 1.55. The number of hydrogen-bond acceptors (Lipinski definition) is 4. The third kappa shape index (κ3) is 5.19. The fourth-order valence-corrected chi connectivity index (χ4v) is 2.66. The molecule has 3 aromatic rings. The third-order valence-corrected chi connectivity index (χ3v) is 4.24. The van der Waals surface area contributed by atoms with Gasteiger partial charge in [0.2, 0.25) is 0 Å². The zero-order chi connectivity index (χ0) is 20.8. The number of hydrogen-bond donors (Lipinski definition) is 1. The first-order chi connectivity index (χ1) is 14.0. The molecule has 3 rings (SSSR count). The number of nitrogens with one attached hydrogen (secondary N) is 1. The van der Waals surface area contributed by atoms with Crippen LogP contribution in [-0.2, 0) is 4.79 Å². The van der Waals surface area contributed by atoms with Crippen molar-refractivity contribution < 1.29 is 23.5 Å². The molecule has 0 radical (unpaired) electrons. The number of carbonyl (C=O) groups is 2. The zero-order valence-electron chi connectivity index (χ0n) is 16.0. The van der Waals surface area contributed by atoms with Crippen LogP contribution in [0.5, 0.6) is 11.5 Å². The summed E-state index contributed by atoms with van der Waals surface area (Å²) in [4.78, 5) is 24.8. The average Bonchev–Trinajstić information content (AvgIpc) is 2.74. The van der Waals surface area contributed by atoms with Crippen molar-refractivity contribution in [3.63, 3.8) is 0 Å². The number of methoxy groups -OCH3 is 1. The molecule has 0 heterocycles. The van der Waals surface area contributed by atoms with Gasteiger partial charge in [-0.2, -0.15) is 0 Å². The van der Waals surface area contributed by atoms with E-state index < -0.39 is 11.9 Å². The summed E-state index contributed by atoms with van der Waals surface area (Å²) in [6, 6.07) is 18.8. The van der Waals surface area contributed by atoms with E-state index in [-0.39, 0.29) is 11.7 Å². The molecule has 0 aromatic heterocycles. The second kappa shape index (κ2) is 9.01. The lowest BCUT2D eigenvalue weighted by molar-refractivity contribution is -0.122. The minimum Gasteiger partial charge on any atom is -0.497 e. The Morgan fingerprint density at radius 1 is 0.897 bits per heavy atom. The number of carbonyl (C=O) groups excluding carboxylic acids is 2. The van der Waals surface area contributed by atoms with Gasteiger partial charge in [-0.05, 0) is 67.6 Å². The summed E-state index contributed by atoms with van der Waals surface area (Å²) in [6.07, 6.45) is -0.750. The fourth-order valence-electron chi connectivity index (χ4n) is 2.66. The first-order valence-corrected chi connectivity index (χ1v) is 8.98. The van der Waals surface area contributed by atoms with Gasteiger partial charge in [-0.3, -0.25) is 9.59 Å². The van der Waals surface area contributed by atoms with Crippen LogP contribution in [0.1, 0.15) is 22.8 Å². The van der Waals surface area contributed by atoms with E-state index >= 15 is 0 Å². The number of halogens is 1. The molecule has 1 unspecified atom stereocenters. The number of ether oxygens (including phenoxy) is 2. The van der Waals surface area contributed by atoms with Gasteiger partial charge in [-0.25, -0.2) is 4.39 Å². The van der Waals surface area contributed by atoms with Crippen LogP contribution in [-0.4, -0.2) is 24.9 Å². The summed E-state index contributed by atoms with van der Waals surface area (Å²) in [5.41, 5.74) is 1.44. The molecule has 0 saturated heterocycles. The van der Waals surface area contributed by atoms with Crippen molar-refractivity contribution in [3.8, 4) is 11.5 Å². The Balaban J connectivity index is 1.61. The summed E-state index contributed by atoms with van der Waals surface area (Å²) in [5, 5.41) is 2.76. The molecule has 1 amide bonds. The SMILES string of the molecule is COc1cccc(NC(=O)C(C)Oc2ccc(C(=O)c3ccc(F)cc3)cc2)c1. The van der Waals surface area contributed by atoms with Gasteiger partial charge >= 0.3 is 0 Å². The number of rotatable bonds is 7. The lowest BCUT2D eigenvalue weighted by Crippen LogP contribution is -2.30. The molecule has 0 aliphatic heterocycles. The Morgan fingerprint density at radius 2 is 1.52 bits per heavy atom. The smallest absolute Gasteiger partial charge is 0.265 e. The van der Waals surface area contributed by atoms with Crippen molar-refractivity contribution in [2.24, 2.45) is 0 Å². The minimum atomic E-state index is -0.750.